The SMILES string of the molecule is CCC(N)c1nnc(-c2ncccc2Br)o1. The van der Waals surface area contributed by atoms with E-state index in [-0.39, 0.29) is 6.04 Å². The third-order valence-corrected chi connectivity index (χ3v) is 2.80. The Morgan fingerprint density at radius 3 is 3.00 bits per heavy atom. The van der Waals surface area contributed by atoms with Crippen LogP contribution in [0, 0.1) is 0 Å². The lowest BCUT2D eigenvalue weighted by atomic mass is 10.2. The summed E-state index contributed by atoms with van der Waals surface area (Å²) >= 11 is 3.37. The minimum atomic E-state index is -0.219. The maximum atomic E-state index is 5.80. The highest BCUT2D eigenvalue weighted by Crippen LogP contribution is 2.25. The third-order valence-electron chi connectivity index (χ3n) is 2.16. The van der Waals surface area contributed by atoms with E-state index in [0.29, 0.717) is 17.5 Å². The van der Waals surface area contributed by atoms with Crippen LogP contribution in [0.2, 0.25) is 0 Å². The molecule has 5 nitrogen and oxygen atoms in total. The Labute approximate surface area is 101 Å². The molecule has 0 fully saturated rings. The molecule has 0 aromatic carbocycles. The second kappa shape index (κ2) is 4.71. The molecule has 16 heavy (non-hydrogen) atoms. The van der Waals surface area contributed by atoms with Crippen LogP contribution in [-0.2, 0) is 0 Å². The average Bonchev–Trinajstić information content (AvgIpc) is 2.78. The monoisotopic (exact) mass is 282 g/mol. The second-order valence-electron chi connectivity index (χ2n) is 3.29. The zero-order chi connectivity index (χ0) is 11.5. The zero-order valence-electron chi connectivity index (χ0n) is 8.72. The number of rotatable bonds is 3. The zero-order valence-corrected chi connectivity index (χ0v) is 10.3. The minimum absolute atomic E-state index is 0.219. The number of pyridine rings is 1. The summed E-state index contributed by atoms with van der Waals surface area (Å²) in [7, 11) is 0. The Balaban J connectivity index is 2.35. The number of aromatic nitrogens is 3. The lowest BCUT2D eigenvalue weighted by Gasteiger charge is -2.00. The van der Waals surface area contributed by atoms with Gasteiger partial charge in [-0.05, 0) is 34.5 Å². The van der Waals surface area contributed by atoms with Crippen LogP contribution in [0.1, 0.15) is 25.3 Å². The lowest BCUT2D eigenvalue weighted by Crippen LogP contribution is -2.08. The Hall–Kier alpha value is -1.27. The van der Waals surface area contributed by atoms with E-state index in [2.05, 4.69) is 31.1 Å². The van der Waals surface area contributed by atoms with Crippen LogP contribution in [-0.4, -0.2) is 15.2 Å². The van der Waals surface area contributed by atoms with Crippen molar-refractivity contribution in [3.05, 3.63) is 28.7 Å². The van der Waals surface area contributed by atoms with Gasteiger partial charge in [-0.2, -0.15) is 0 Å². The fourth-order valence-electron chi connectivity index (χ4n) is 1.20. The van der Waals surface area contributed by atoms with Crippen molar-refractivity contribution in [2.45, 2.75) is 19.4 Å². The number of hydrogen-bond donors (Lipinski definition) is 1. The topological polar surface area (TPSA) is 77.8 Å². The van der Waals surface area contributed by atoms with Gasteiger partial charge >= 0.3 is 0 Å². The number of hydrogen-bond acceptors (Lipinski definition) is 5. The highest BCUT2D eigenvalue weighted by Gasteiger charge is 2.15. The van der Waals surface area contributed by atoms with Gasteiger partial charge < -0.3 is 10.2 Å². The van der Waals surface area contributed by atoms with Gasteiger partial charge in [0.2, 0.25) is 5.89 Å². The molecule has 0 aliphatic heterocycles. The molecule has 1 unspecified atom stereocenters. The van der Waals surface area contributed by atoms with Crippen LogP contribution >= 0.6 is 15.9 Å². The molecule has 84 valence electrons. The molecule has 0 aliphatic rings. The van der Waals surface area contributed by atoms with Crippen molar-refractivity contribution < 1.29 is 4.42 Å². The molecule has 0 spiro atoms. The lowest BCUT2D eigenvalue weighted by molar-refractivity contribution is 0.451. The molecule has 2 aromatic heterocycles. The maximum Gasteiger partial charge on any atom is 0.267 e. The van der Waals surface area contributed by atoms with E-state index >= 15 is 0 Å². The minimum Gasteiger partial charge on any atom is -0.418 e. The average molecular weight is 283 g/mol. The normalized spacial score (nSPS) is 12.7. The van der Waals surface area contributed by atoms with E-state index in [0.717, 1.165) is 10.9 Å². The molecule has 6 heteroatoms. The highest BCUT2D eigenvalue weighted by atomic mass is 79.9. The molecule has 2 N–H and O–H groups in total. The molecule has 0 radical (unpaired) electrons. The molecule has 1 atom stereocenters. The Bertz CT molecular complexity index is 485. The van der Waals surface area contributed by atoms with Crippen LogP contribution < -0.4 is 5.73 Å². The number of nitrogens with zero attached hydrogens (tertiary/aromatic N) is 3. The summed E-state index contributed by atoms with van der Waals surface area (Å²) in [5.74, 6) is 0.821. The van der Waals surface area contributed by atoms with Crippen LogP contribution in [0.5, 0.6) is 0 Å². The highest BCUT2D eigenvalue weighted by molar-refractivity contribution is 9.10. The van der Waals surface area contributed by atoms with Gasteiger partial charge in [0.25, 0.3) is 5.89 Å². The van der Waals surface area contributed by atoms with Gasteiger partial charge in [0.1, 0.15) is 5.69 Å². The summed E-state index contributed by atoms with van der Waals surface area (Å²) in [6, 6.07) is 3.47. The van der Waals surface area contributed by atoms with Gasteiger partial charge in [-0.25, -0.2) is 4.98 Å². The van der Waals surface area contributed by atoms with E-state index in [1.807, 2.05) is 19.1 Å². The molecule has 0 bridgehead atoms. The number of halogens is 1. The Morgan fingerprint density at radius 2 is 2.31 bits per heavy atom. The summed E-state index contributed by atoms with van der Waals surface area (Å²) in [6.07, 6.45) is 2.43. The van der Waals surface area contributed by atoms with Gasteiger partial charge in [-0.1, -0.05) is 6.92 Å². The van der Waals surface area contributed by atoms with Gasteiger partial charge in [0, 0.05) is 10.7 Å². The van der Waals surface area contributed by atoms with Crippen LogP contribution in [0.4, 0.5) is 0 Å². The van der Waals surface area contributed by atoms with Gasteiger partial charge in [0.15, 0.2) is 0 Å². The van der Waals surface area contributed by atoms with E-state index in [9.17, 15) is 0 Å². The smallest absolute Gasteiger partial charge is 0.267 e. The van der Waals surface area contributed by atoms with Crippen molar-refractivity contribution in [1.82, 2.24) is 15.2 Å². The third kappa shape index (κ3) is 2.12. The molecular formula is C10H11BrN4O. The van der Waals surface area contributed by atoms with Crippen molar-refractivity contribution in [2.75, 3.05) is 0 Å². The van der Waals surface area contributed by atoms with E-state index < -0.39 is 0 Å². The molecule has 2 aromatic rings. The standard InChI is InChI=1S/C10H11BrN4O/c1-2-7(12)9-14-15-10(16-9)8-6(11)4-3-5-13-8/h3-5,7H,2,12H2,1H3. The van der Waals surface area contributed by atoms with Crippen LogP contribution in [0.25, 0.3) is 11.6 Å². The molecule has 0 aliphatic carbocycles. The van der Waals surface area contributed by atoms with Crippen molar-refractivity contribution in [2.24, 2.45) is 5.73 Å². The molecule has 0 saturated carbocycles. The summed E-state index contributed by atoms with van der Waals surface area (Å²) in [5, 5.41) is 7.83. The molecule has 2 rings (SSSR count). The van der Waals surface area contributed by atoms with Crippen LogP contribution in [0.3, 0.4) is 0 Å². The Morgan fingerprint density at radius 1 is 1.50 bits per heavy atom. The predicted octanol–water partition coefficient (Wildman–Crippen LogP) is 2.30. The van der Waals surface area contributed by atoms with Crippen molar-refractivity contribution >= 4 is 15.9 Å². The van der Waals surface area contributed by atoms with Crippen molar-refractivity contribution in [3.63, 3.8) is 0 Å². The van der Waals surface area contributed by atoms with Crippen LogP contribution in [0.15, 0.2) is 27.2 Å². The van der Waals surface area contributed by atoms with E-state index in [4.69, 9.17) is 10.2 Å². The summed E-state index contributed by atoms with van der Waals surface area (Å²) < 4.78 is 6.28. The molecule has 0 saturated heterocycles. The van der Waals surface area contributed by atoms with Gasteiger partial charge in [-0.3, -0.25) is 0 Å². The second-order valence-corrected chi connectivity index (χ2v) is 4.15. The first-order valence-corrected chi connectivity index (χ1v) is 5.71. The maximum absolute atomic E-state index is 5.80. The Kier molecular flexibility index (Phi) is 3.31. The fraction of sp³-hybridized carbons (Fsp3) is 0.300. The largest absolute Gasteiger partial charge is 0.418 e. The summed E-state index contributed by atoms with van der Waals surface area (Å²) in [4.78, 5) is 4.16. The molecular weight excluding hydrogens is 272 g/mol. The van der Waals surface area contributed by atoms with Gasteiger partial charge in [0.05, 0.1) is 6.04 Å². The van der Waals surface area contributed by atoms with E-state index in [1.165, 1.54) is 0 Å². The molecule has 2 heterocycles. The first-order valence-electron chi connectivity index (χ1n) is 4.92. The predicted molar refractivity (Wildman–Crippen MR) is 62.4 cm³/mol. The van der Waals surface area contributed by atoms with E-state index in [1.54, 1.807) is 6.20 Å². The first-order chi connectivity index (χ1) is 7.72. The molecule has 0 amide bonds. The fourth-order valence-corrected chi connectivity index (χ4v) is 1.62. The first kappa shape index (κ1) is 11.2. The van der Waals surface area contributed by atoms with Crippen molar-refractivity contribution in [1.29, 1.82) is 0 Å². The summed E-state index contributed by atoms with van der Waals surface area (Å²) in [5.41, 5.74) is 6.42. The van der Waals surface area contributed by atoms with Gasteiger partial charge in [-0.15, -0.1) is 10.2 Å². The quantitative estimate of drug-likeness (QED) is 0.935. The summed E-state index contributed by atoms with van der Waals surface area (Å²) in [6.45, 7) is 1.96. The van der Waals surface area contributed by atoms with Crippen molar-refractivity contribution in [3.8, 4) is 11.6 Å². The number of nitrogens with two attached hydrogens (primary N) is 1.